The zero-order valence-corrected chi connectivity index (χ0v) is 16.1. The van der Waals surface area contributed by atoms with Gasteiger partial charge in [0.05, 0.1) is 16.7 Å². The Bertz CT molecular complexity index is 1110. The third-order valence-corrected chi connectivity index (χ3v) is 4.12. The van der Waals surface area contributed by atoms with Gasteiger partial charge in [0.2, 0.25) is 0 Å². The van der Waals surface area contributed by atoms with Crippen molar-refractivity contribution < 1.29 is 19.2 Å². The molecule has 0 aliphatic heterocycles. The fourth-order valence-electron chi connectivity index (χ4n) is 2.37. The maximum absolute atomic E-state index is 12.2. The van der Waals surface area contributed by atoms with E-state index >= 15 is 0 Å². The van der Waals surface area contributed by atoms with Crippen LogP contribution in [0.3, 0.4) is 0 Å². The summed E-state index contributed by atoms with van der Waals surface area (Å²) in [4.78, 5) is 34.3. The van der Waals surface area contributed by atoms with E-state index in [-0.39, 0.29) is 17.0 Å². The van der Waals surface area contributed by atoms with Crippen LogP contribution in [0, 0.1) is 10.1 Å². The minimum absolute atomic E-state index is 0.120. The Morgan fingerprint density at radius 3 is 2.33 bits per heavy atom. The van der Waals surface area contributed by atoms with Crippen molar-refractivity contribution in [3.05, 3.63) is 105 Å². The van der Waals surface area contributed by atoms with Crippen LogP contribution in [0.25, 0.3) is 0 Å². The third kappa shape index (κ3) is 5.49. The van der Waals surface area contributed by atoms with Crippen LogP contribution in [-0.4, -0.2) is 23.0 Å². The molecule has 0 aliphatic carbocycles. The number of non-ortho nitro benzene ring substituents is 1. The maximum Gasteiger partial charge on any atom is 0.343 e. The predicted molar refractivity (Wildman–Crippen MR) is 111 cm³/mol. The summed E-state index contributed by atoms with van der Waals surface area (Å²) in [6.07, 6.45) is 1.40. The SMILES string of the molecule is O=C(N/N=C\c1cccc(OC(=O)c2ccc([N+](=O)[O-])cc2)c1)c1ccc(Cl)cc1. The second-order valence-electron chi connectivity index (χ2n) is 5.97. The van der Waals surface area contributed by atoms with Crippen LogP contribution in [0.4, 0.5) is 5.69 Å². The number of nitro benzene ring substituents is 1. The quantitative estimate of drug-likeness (QED) is 0.210. The molecule has 150 valence electrons. The molecule has 30 heavy (non-hydrogen) atoms. The summed E-state index contributed by atoms with van der Waals surface area (Å²) >= 11 is 5.79. The molecule has 0 fully saturated rings. The number of halogens is 1. The molecular weight excluding hydrogens is 410 g/mol. The van der Waals surface area contributed by atoms with Gasteiger partial charge in [-0.3, -0.25) is 14.9 Å². The summed E-state index contributed by atoms with van der Waals surface area (Å²) < 4.78 is 5.28. The normalized spacial score (nSPS) is 10.6. The summed E-state index contributed by atoms with van der Waals surface area (Å²) in [5.74, 6) is -0.801. The zero-order valence-electron chi connectivity index (χ0n) is 15.3. The van der Waals surface area contributed by atoms with Crippen LogP contribution in [0.5, 0.6) is 5.75 Å². The number of hydrogen-bond acceptors (Lipinski definition) is 6. The molecule has 0 aliphatic rings. The molecule has 0 radical (unpaired) electrons. The number of nitro groups is 1. The number of benzene rings is 3. The van der Waals surface area contributed by atoms with Crippen molar-refractivity contribution >= 4 is 35.4 Å². The van der Waals surface area contributed by atoms with Gasteiger partial charge >= 0.3 is 5.97 Å². The van der Waals surface area contributed by atoms with E-state index in [4.69, 9.17) is 16.3 Å². The lowest BCUT2D eigenvalue weighted by Gasteiger charge is -2.05. The molecule has 0 unspecified atom stereocenters. The largest absolute Gasteiger partial charge is 0.423 e. The number of esters is 1. The van der Waals surface area contributed by atoms with E-state index in [1.54, 1.807) is 48.5 Å². The smallest absolute Gasteiger partial charge is 0.343 e. The van der Waals surface area contributed by atoms with E-state index in [9.17, 15) is 19.7 Å². The Morgan fingerprint density at radius 1 is 1.00 bits per heavy atom. The van der Waals surface area contributed by atoms with Crippen LogP contribution >= 0.6 is 11.6 Å². The Morgan fingerprint density at radius 2 is 1.67 bits per heavy atom. The van der Waals surface area contributed by atoms with Crippen molar-refractivity contribution in [2.24, 2.45) is 5.10 Å². The topological polar surface area (TPSA) is 111 Å². The van der Waals surface area contributed by atoms with Crippen LogP contribution in [0.2, 0.25) is 5.02 Å². The molecule has 3 aromatic rings. The number of nitrogens with one attached hydrogen (secondary N) is 1. The van der Waals surface area contributed by atoms with Crippen LogP contribution in [0.15, 0.2) is 77.9 Å². The minimum Gasteiger partial charge on any atom is -0.423 e. The van der Waals surface area contributed by atoms with E-state index in [0.29, 0.717) is 16.1 Å². The lowest BCUT2D eigenvalue weighted by atomic mass is 10.2. The highest BCUT2D eigenvalue weighted by Crippen LogP contribution is 2.17. The number of nitrogens with zero attached hydrogens (tertiary/aromatic N) is 2. The van der Waals surface area contributed by atoms with Gasteiger partial charge in [-0.15, -0.1) is 0 Å². The highest BCUT2D eigenvalue weighted by molar-refractivity contribution is 6.30. The zero-order chi connectivity index (χ0) is 21.5. The molecular formula is C21H14ClN3O5. The Kier molecular flexibility index (Phi) is 6.51. The van der Waals surface area contributed by atoms with E-state index in [1.165, 1.54) is 30.5 Å². The fraction of sp³-hybridized carbons (Fsp3) is 0. The molecule has 0 heterocycles. The van der Waals surface area contributed by atoms with Crippen LogP contribution in [0.1, 0.15) is 26.3 Å². The number of hydrogen-bond donors (Lipinski definition) is 1. The monoisotopic (exact) mass is 423 g/mol. The summed E-state index contributed by atoms with van der Waals surface area (Å²) in [7, 11) is 0. The summed E-state index contributed by atoms with van der Waals surface area (Å²) in [6, 6.07) is 17.9. The average Bonchev–Trinajstić information content (AvgIpc) is 2.74. The van der Waals surface area contributed by atoms with Gasteiger partial charge in [-0.2, -0.15) is 5.10 Å². The van der Waals surface area contributed by atoms with Crippen LogP contribution in [-0.2, 0) is 0 Å². The van der Waals surface area contributed by atoms with Crippen LogP contribution < -0.4 is 10.2 Å². The molecule has 3 rings (SSSR count). The van der Waals surface area contributed by atoms with Gasteiger partial charge in [-0.05, 0) is 54.1 Å². The van der Waals surface area contributed by atoms with Gasteiger partial charge in [0.1, 0.15) is 5.75 Å². The summed E-state index contributed by atoms with van der Waals surface area (Å²) in [5.41, 5.74) is 3.44. The first-order valence-corrected chi connectivity index (χ1v) is 8.96. The lowest BCUT2D eigenvalue weighted by molar-refractivity contribution is -0.384. The van der Waals surface area contributed by atoms with E-state index in [1.807, 2.05) is 0 Å². The number of ether oxygens (including phenoxy) is 1. The summed E-state index contributed by atoms with van der Waals surface area (Å²) in [5, 5.41) is 15.1. The van der Waals surface area contributed by atoms with Gasteiger partial charge in [0.15, 0.2) is 0 Å². The van der Waals surface area contributed by atoms with Crippen molar-refractivity contribution in [3.8, 4) is 5.75 Å². The van der Waals surface area contributed by atoms with E-state index < -0.39 is 16.8 Å². The standard InChI is InChI=1S/C21H14ClN3O5/c22-17-8-4-15(5-9-17)20(26)24-23-13-14-2-1-3-19(12-14)30-21(27)16-6-10-18(11-7-16)25(28)29/h1-13H,(H,24,26)/b23-13-. The predicted octanol–water partition coefficient (Wildman–Crippen LogP) is 4.23. The number of carbonyl (C=O) groups is 2. The molecule has 0 saturated heterocycles. The minimum atomic E-state index is -0.657. The van der Waals surface area contributed by atoms with Gasteiger partial charge in [-0.25, -0.2) is 10.2 Å². The molecule has 0 saturated carbocycles. The molecule has 0 aromatic heterocycles. The summed E-state index contributed by atoms with van der Waals surface area (Å²) in [6.45, 7) is 0. The Labute approximate surface area is 175 Å². The van der Waals surface area contributed by atoms with Gasteiger partial charge in [-0.1, -0.05) is 23.7 Å². The van der Waals surface area contributed by atoms with Crippen molar-refractivity contribution in [3.63, 3.8) is 0 Å². The maximum atomic E-state index is 12.2. The number of rotatable bonds is 6. The third-order valence-electron chi connectivity index (χ3n) is 3.87. The molecule has 0 spiro atoms. The first kappa shape index (κ1) is 20.7. The van der Waals surface area contributed by atoms with Crippen molar-refractivity contribution in [1.82, 2.24) is 5.43 Å². The molecule has 1 amide bonds. The molecule has 0 bridgehead atoms. The van der Waals surface area contributed by atoms with Gasteiger partial charge < -0.3 is 4.74 Å². The molecule has 9 heteroatoms. The van der Waals surface area contributed by atoms with E-state index in [0.717, 1.165) is 0 Å². The Balaban J connectivity index is 1.61. The molecule has 0 atom stereocenters. The number of carbonyl (C=O) groups excluding carboxylic acids is 2. The highest BCUT2D eigenvalue weighted by atomic mass is 35.5. The van der Waals surface area contributed by atoms with Crippen molar-refractivity contribution in [2.75, 3.05) is 0 Å². The Hall–Kier alpha value is -4.04. The van der Waals surface area contributed by atoms with Crippen molar-refractivity contribution in [1.29, 1.82) is 0 Å². The lowest BCUT2D eigenvalue weighted by Crippen LogP contribution is -2.17. The first-order chi connectivity index (χ1) is 14.4. The first-order valence-electron chi connectivity index (χ1n) is 8.58. The van der Waals surface area contributed by atoms with E-state index in [2.05, 4.69) is 10.5 Å². The average molecular weight is 424 g/mol. The second-order valence-corrected chi connectivity index (χ2v) is 6.41. The molecule has 3 aromatic carbocycles. The van der Waals surface area contributed by atoms with Gasteiger partial charge in [0.25, 0.3) is 11.6 Å². The highest BCUT2D eigenvalue weighted by Gasteiger charge is 2.11. The van der Waals surface area contributed by atoms with Crippen molar-refractivity contribution in [2.45, 2.75) is 0 Å². The molecule has 8 nitrogen and oxygen atoms in total. The van der Waals surface area contributed by atoms with Gasteiger partial charge in [0, 0.05) is 22.7 Å². The number of hydrazone groups is 1. The number of amides is 1. The second kappa shape index (κ2) is 9.44. The fourth-order valence-corrected chi connectivity index (χ4v) is 2.50. The molecule has 1 N–H and O–H groups in total.